The number of amides is 4. The maximum absolute atomic E-state index is 12.7. The molecule has 30 heavy (non-hydrogen) atoms. The zero-order chi connectivity index (χ0) is 22.8. The monoisotopic (exact) mass is 426 g/mol. The lowest BCUT2D eigenvalue weighted by Crippen LogP contribution is -2.59. The average Bonchev–Trinajstić information content (AvgIpc) is 3.14. The second kappa shape index (κ2) is 11.5. The summed E-state index contributed by atoms with van der Waals surface area (Å²) in [6.45, 7) is 2.45. The number of rotatable bonds is 12. The Kier molecular flexibility index (Phi) is 9.42. The number of nitrogens with two attached hydrogens (primary N) is 1. The van der Waals surface area contributed by atoms with Crippen molar-refractivity contribution >= 4 is 29.6 Å². The Morgan fingerprint density at radius 3 is 2.23 bits per heavy atom. The number of nitrogens with one attached hydrogen (secondary N) is 4. The van der Waals surface area contributed by atoms with E-state index in [4.69, 9.17) is 10.8 Å². The molecule has 0 aliphatic carbocycles. The molecule has 0 fully saturated rings. The summed E-state index contributed by atoms with van der Waals surface area (Å²) in [5.41, 5.74) is 5.70. The van der Waals surface area contributed by atoms with Gasteiger partial charge in [-0.05, 0) is 13.3 Å². The quantitative estimate of drug-likeness (QED) is 0.184. The van der Waals surface area contributed by atoms with Crippen LogP contribution in [-0.4, -0.2) is 74.0 Å². The van der Waals surface area contributed by atoms with E-state index in [9.17, 15) is 29.1 Å². The first-order valence-corrected chi connectivity index (χ1v) is 9.05. The molecule has 166 valence electrons. The van der Waals surface area contributed by atoms with Crippen LogP contribution >= 0.6 is 0 Å². The number of aromatic amines is 1. The van der Waals surface area contributed by atoms with Gasteiger partial charge in [-0.25, -0.2) is 4.98 Å². The van der Waals surface area contributed by atoms with Crippen molar-refractivity contribution in [2.75, 3.05) is 0 Å². The third-order valence-corrected chi connectivity index (χ3v) is 4.04. The number of nitrogens with zero attached hydrogens (tertiary/aromatic N) is 1. The predicted molar refractivity (Wildman–Crippen MR) is 102 cm³/mol. The van der Waals surface area contributed by atoms with Crippen molar-refractivity contribution in [3.8, 4) is 0 Å². The summed E-state index contributed by atoms with van der Waals surface area (Å²) in [6, 6.07) is -3.82. The molecular weight excluding hydrogens is 400 g/mol. The Morgan fingerprint density at radius 1 is 1.13 bits per heavy atom. The largest absolute Gasteiger partial charge is 0.481 e. The zero-order valence-corrected chi connectivity index (χ0v) is 16.5. The minimum atomic E-state index is -1.32. The van der Waals surface area contributed by atoms with Gasteiger partial charge in [-0.1, -0.05) is 0 Å². The standard InChI is InChI=1S/C17H26N6O7/c1-8(24)14(21-9(2)25)17(30)23-12(5-10-6-19-7-20-10)16(29)22-11(15(18)28)3-4-13(26)27/h6-8,11-12,14,24H,3-5H2,1-2H3,(H2,18,28)(H,19,20)(H,21,25)(H,22,29)(H,23,30)(H,26,27)/t8-,11+,12+,14+/m0/s1. The fourth-order valence-corrected chi connectivity index (χ4v) is 2.54. The summed E-state index contributed by atoms with van der Waals surface area (Å²) in [7, 11) is 0. The van der Waals surface area contributed by atoms with Gasteiger partial charge in [0.05, 0.1) is 12.4 Å². The molecule has 1 aromatic rings. The highest BCUT2D eigenvalue weighted by molar-refractivity contribution is 5.94. The van der Waals surface area contributed by atoms with Crippen LogP contribution in [0.4, 0.5) is 0 Å². The van der Waals surface area contributed by atoms with Gasteiger partial charge in [-0.15, -0.1) is 0 Å². The number of carbonyl (C=O) groups is 5. The molecule has 0 bridgehead atoms. The van der Waals surface area contributed by atoms with Gasteiger partial charge in [-0.2, -0.15) is 0 Å². The Balaban J connectivity index is 2.99. The third-order valence-electron chi connectivity index (χ3n) is 4.04. The number of aliphatic hydroxyl groups is 1. The Hall–Kier alpha value is -3.48. The van der Waals surface area contributed by atoms with Gasteiger partial charge in [0.1, 0.15) is 18.1 Å². The van der Waals surface area contributed by atoms with E-state index < -0.39 is 60.2 Å². The lowest BCUT2D eigenvalue weighted by Gasteiger charge is -2.25. The van der Waals surface area contributed by atoms with Gasteiger partial charge in [0, 0.05) is 31.7 Å². The highest BCUT2D eigenvalue weighted by Gasteiger charge is 2.31. The maximum atomic E-state index is 12.7. The van der Waals surface area contributed by atoms with Crippen molar-refractivity contribution in [2.45, 2.75) is 57.3 Å². The van der Waals surface area contributed by atoms with Gasteiger partial charge in [-0.3, -0.25) is 24.0 Å². The maximum Gasteiger partial charge on any atom is 0.303 e. The van der Waals surface area contributed by atoms with Crippen LogP contribution in [0.5, 0.6) is 0 Å². The fraction of sp³-hybridized carbons (Fsp3) is 0.529. The number of carbonyl (C=O) groups excluding carboxylic acids is 4. The number of aliphatic hydroxyl groups excluding tert-OH is 1. The van der Waals surface area contributed by atoms with Gasteiger partial charge in [0.2, 0.25) is 23.6 Å². The van der Waals surface area contributed by atoms with Crippen LogP contribution < -0.4 is 21.7 Å². The van der Waals surface area contributed by atoms with Crippen molar-refractivity contribution in [1.29, 1.82) is 0 Å². The van der Waals surface area contributed by atoms with E-state index in [1.54, 1.807) is 0 Å². The molecule has 13 nitrogen and oxygen atoms in total. The number of H-pyrrole nitrogens is 1. The Morgan fingerprint density at radius 2 is 1.77 bits per heavy atom. The van der Waals surface area contributed by atoms with E-state index in [-0.39, 0.29) is 12.8 Å². The lowest BCUT2D eigenvalue weighted by atomic mass is 10.1. The first kappa shape index (κ1) is 24.6. The third kappa shape index (κ3) is 8.26. The van der Waals surface area contributed by atoms with Crippen LogP contribution in [-0.2, 0) is 30.4 Å². The summed E-state index contributed by atoms with van der Waals surface area (Å²) in [6.07, 6.45) is 0.832. The van der Waals surface area contributed by atoms with E-state index >= 15 is 0 Å². The molecule has 1 rings (SSSR count). The van der Waals surface area contributed by atoms with Gasteiger partial charge in [0.25, 0.3) is 0 Å². The molecule has 13 heteroatoms. The van der Waals surface area contributed by atoms with E-state index in [2.05, 4.69) is 25.9 Å². The molecule has 1 aromatic heterocycles. The smallest absolute Gasteiger partial charge is 0.303 e. The molecule has 0 aliphatic heterocycles. The summed E-state index contributed by atoms with van der Waals surface area (Å²) < 4.78 is 0. The number of primary amides is 1. The number of hydrogen-bond donors (Lipinski definition) is 7. The van der Waals surface area contributed by atoms with Gasteiger partial charge in [0.15, 0.2) is 0 Å². The summed E-state index contributed by atoms with van der Waals surface area (Å²) in [5, 5.41) is 25.6. The van der Waals surface area contributed by atoms with Gasteiger partial charge >= 0.3 is 5.97 Å². The lowest BCUT2D eigenvalue weighted by molar-refractivity contribution is -0.138. The minimum Gasteiger partial charge on any atom is -0.481 e. The normalized spacial score (nSPS) is 14.6. The number of aromatic nitrogens is 2. The first-order valence-electron chi connectivity index (χ1n) is 9.05. The van der Waals surface area contributed by atoms with Crippen LogP contribution in [0.15, 0.2) is 12.5 Å². The van der Waals surface area contributed by atoms with Crippen molar-refractivity contribution in [3.05, 3.63) is 18.2 Å². The van der Waals surface area contributed by atoms with Crippen molar-refractivity contribution in [2.24, 2.45) is 5.73 Å². The minimum absolute atomic E-state index is 0.0609. The summed E-state index contributed by atoms with van der Waals surface area (Å²) in [4.78, 5) is 65.4. The molecule has 1 heterocycles. The number of aliphatic carboxylic acids is 1. The Labute approximate surface area is 171 Å². The summed E-state index contributed by atoms with van der Waals surface area (Å²) >= 11 is 0. The molecule has 8 N–H and O–H groups in total. The molecular formula is C17H26N6O7. The second-order valence-electron chi connectivity index (χ2n) is 6.66. The topological polar surface area (TPSA) is 217 Å². The van der Waals surface area contributed by atoms with Crippen LogP contribution in [0.25, 0.3) is 0 Å². The van der Waals surface area contributed by atoms with Crippen LogP contribution in [0.2, 0.25) is 0 Å². The molecule has 4 amide bonds. The first-order chi connectivity index (χ1) is 14.0. The highest BCUT2D eigenvalue weighted by atomic mass is 16.4. The highest BCUT2D eigenvalue weighted by Crippen LogP contribution is 2.04. The van der Waals surface area contributed by atoms with E-state index in [0.717, 1.165) is 6.92 Å². The number of carboxylic acids is 1. The SMILES string of the molecule is CC(=O)N[C@@H](C(=O)N[C@H](Cc1cnc[nH]1)C(=O)N[C@H](CCC(=O)O)C(N)=O)[C@H](C)O. The van der Waals surface area contributed by atoms with E-state index in [1.807, 2.05) is 0 Å². The average molecular weight is 426 g/mol. The zero-order valence-electron chi connectivity index (χ0n) is 16.5. The van der Waals surface area contributed by atoms with E-state index in [1.165, 1.54) is 19.4 Å². The van der Waals surface area contributed by atoms with Gasteiger partial charge < -0.3 is 36.9 Å². The number of hydrogen-bond acceptors (Lipinski definition) is 7. The van der Waals surface area contributed by atoms with Crippen molar-refractivity contribution < 1.29 is 34.2 Å². The van der Waals surface area contributed by atoms with Crippen molar-refractivity contribution in [1.82, 2.24) is 25.9 Å². The van der Waals surface area contributed by atoms with Crippen LogP contribution in [0.3, 0.4) is 0 Å². The molecule has 0 spiro atoms. The Bertz CT molecular complexity index is 765. The molecule has 0 saturated heterocycles. The van der Waals surface area contributed by atoms with Crippen LogP contribution in [0.1, 0.15) is 32.4 Å². The molecule has 0 unspecified atom stereocenters. The molecule has 0 aromatic carbocycles. The molecule has 0 radical (unpaired) electrons. The molecule has 4 atom stereocenters. The number of imidazole rings is 1. The predicted octanol–water partition coefficient (Wildman–Crippen LogP) is -2.84. The van der Waals surface area contributed by atoms with Crippen molar-refractivity contribution in [3.63, 3.8) is 0 Å². The van der Waals surface area contributed by atoms with Crippen LogP contribution in [0, 0.1) is 0 Å². The molecule has 0 aliphatic rings. The summed E-state index contributed by atoms with van der Waals surface area (Å²) in [5.74, 6) is -4.31. The number of carboxylic acid groups (broad SMARTS) is 1. The fourth-order valence-electron chi connectivity index (χ4n) is 2.54. The van der Waals surface area contributed by atoms with E-state index in [0.29, 0.717) is 5.69 Å². The second-order valence-corrected chi connectivity index (χ2v) is 6.66. The molecule has 0 saturated carbocycles.